The van der Waals surface area contributed by atoms with Crippen LogP contribution < -0.4 is 10.2 Å². The number of carbonyl (C=O) groups excluding carboxylic acids is 1. The van der Waals surface area contributed by atoms with Crippen molar-refractivity contribution in [3.63, 3.8) is 0 Å². The lowest BCUT2D eigenvalue weighted by atomic mass is 10.2. The van der Waals surface area contributed by atoms with E-state index in [0.29, 0.717) is 15.8 Å². The Bertz CT molecular complexity index is 610. The summed E-state index contributed by atoms with van der Waals surface area (Å²) >= 11 is 7.57. The van der Waals surface area contributed by atoms with Crippen molar-refractivity contribution in [2.45, 2.75) is 12.8 Å². The minimum atomic E-state index is -0.203. The minimum absolute atomic E-state index is 0.203. The highest BCUT2D eigenvalue weighted by Gasteiger charge is 2.20. The summed E-state index contributed by atoms with van der Waals surface area (Å²) in [7, 11) is 0. The maximum absolute atomic E-state index is 12.0. The van der Waals surface area contributed by atoms with E-state index in [1.165, 1.54) is 24.2 Å². The molecule has 1 saturated heterocycles. The minimum Gasteiger partial charge on any atom is -0.361 e. The van der Waals surface area contributed by atoms with Crippen molar-refractivity contribution in [3.8, 4) is 0 Å². The number of hydrogen-bond acceptors (Lipinski definition) is 5. The van der Waals surface area contributed by atoms with E-state index in [1.807, 2.05) is 0 Å². The fourth-order valence-electron chi connectivity index (χ4n) is 2.13. The molecule has 20 heavy (non-hydrogen) atoms. The summed E-state index contributed by atoms with van der Waals surface area (Å²) in [5.41, 5.74) is 0.550. The molecule has 0 atom stereocenters. The molecule has 1 fully saturated rings. The average Bonchev–Trinajstić information content (AvgIpc) is 3.09. The van der Waals surface area contributed by atoms with Gasteiger partial charge in [-0.3, -0.25) is 15.1 Å². The number of aromatic nitrogens is 2. The van der Waals surface area contributed by atoms with Gasteiger partial charge in [-0.25, -0.2) is 4.98 Å². The van der Waals surface area contributed by atoms with Crippen molar-refractivity contribution in [2.24, 2.45) is 0 Å². The number of nitrogens with one attached hydrogen (secondary N) is 1. The molecule has 5 nitrogen and oxygen atoms in total. The Hall–Kier alpha value is -1.66. The summed E-state index contributed by atoms with van der Waals surface area (Å²) < 4.78 is 0. The van der Waals surface area contributed by atoms with Gasteiger partial charge in [0.1, 0.15) is 5.00 Å². The first-order valence-corrected chi connectivity index (χ1v) is 7.56. The molecule has 0 spiro atoms. The highest BCUT2D eigenvalue weighted by atomic mass is 35.5. The van der Waals surface area contributed by atoms with Gasteiger partial charge in [0.25, 0.3) is 5.91 Å². The zero-order valence-corrected chi connectivity index (χ0v) is 12.2. The number of hydrogen-bond donors (Lipinski definition) is 1. The first-order valence-electron chi connectivity index (χ1n) is 6.37. The summed E-state index contributed by atoms with van der Waals surface area (Å²) in [5.74, 6) is -0.203. The van der Waals surface area contributed by atoms with E-state index in [2.05, 4.69) is 20.2 Å². The number of carbonyl (C=O) groups is 1. The number of rotatable bonds is 3. The highest BCUT2D eigenvalue weighted by Crippen LogP contribution is 2.37. The maximum Gasteiger partial charge on any atom is 0.257 e. The third-order valence-corrected chi connectivity index (χ3v) is 4.53. The zero-order chi connectivity index (χ0) is 13.9. The normalized spacial score (nSPS) is 14.6. The first-order chi connectivity index (χ1) is 9.74. The van der Waals surface area contributed by atoms with Crippen molar-refractivity contribution >= 4 is 39.0 Å². The number of thiazole rings is 1. The molecular formula is C13H13ClN4OS. The van der Waals surface area contributed by atoms with Crippen LogP contribution in [0.2, 0.25) is 5.15 Å². The molecule has 3 heterocycles. The summed E-state index contributed by atoms with van der Waals surface area (Å²) in [6, 6.07) is 3.32. The third kappa shape index (κ3) is 2.76. The fourth-order valence-corrected chi connectivity index (χ4v) is 3.41. The van der Waals surface area contributed by atoms with E-state index < -0.39 is 0 Å². The zero-order valence-electron chi connectivity index (χ0n) is 10.7. The van der Waals surface area contributed by atoms with Crippen LogP contribution in [-0.4, -0.2) is 29.0 Å². The van der Waals surface area contributed by atoms with E-state index in [4.69, 9.17) is 11.6 Å². The lowest BCUT2D eigenvalue weighted by Crippen LogP contribution is -2.16. The van der Waals surface area contributed by atoms with E-state index in [-0.39, 0.29) is 5.91 Å². The molecule has 2 aromatic heterocycles. The Morgan fingerprint density at radius 3 is 2.70 bits per heavy atom. The maximum atomic E-state index is 12.0. The fraction of sp³-hybridized carbons (Fsp3) is 0.308. The Morgan fingerprint density at radius 2 is 2.00 bits per heavy atom. The Labute approximate surface area is 125 Å². The Kier molecular flexibility index (Phi) is 3.84. The van der Waals surface area contributed by atoms with Crippen LogP contribution in [0.1, 0.15) is 23.2 Å². The van der Waals surface area contributed by atoms with Gasteiger partial charge in [-0.05, 0) is 25.0 Å². The van der Waals surface area contributed by atoms with Crippen molar-refractivity contribution in [1.82, 2.24) is 9.97 Å². The van der Waals surface area contributed by atoms with Crippen LogP contribution in [0.25, 0.3) is 0 Å². The highest BCUT2D eigenvalue weighted by molar-refractivity contribution is 7.20. The summed E-state index contributed by atoms with van der Waals surface area (Å²) in [4.78, 5) is 22.3. The van der Waals surface area contributed by atoms with Crippen molar-refractivity contribution in [3.05, 3.63) is 35.2 Å². The monoisotopic (exact) mass is 308 g/mol. The third-order valence-electron chi connectivity index (χ3n) is 3.13. The predicted molar refractivity (Wildman–Crippen MR) is 80.8 cm³/mol. The number of amides is 1. The molecule has 1 aliphatic rings. The van der Waals surface area contributed by atoms with E-state index >= 15 is 0 Å². The molecule has 104 valence electrons. The van der Waals surface area contributed by atoms with Crippen LogP contribution in [0.3, 0.4) is 0 Å². The standard InChI is InChI=1S/C13H13ClN4OS/c14-10-12(18-7-1-2-8-18)20-13(16-10)17-11(19)9-3-5-15-6-4-9/h3-6H,1-2,7-8H2,(H,16,17,19). The Balaban J connectivity index is 1.75. The van der Waals surface area contributed by atoms with Crippen molar-refractivity contribution in [1.29, 1.82) is 0 Å². The largest absolute Gasteiger partial charge is 0.361 e. The molecule has 1 amide bonds. The number of anilines is 2. The van der Waals surface area contributed by atoms with Gasteiger partial charge in [-0.2, -0.15) is 0 Å². The molecule has 3 rings (SSSR count). The van der Waals surface area contributed by atoms with Gasteiger partial charge in [-0.15, -0.1) is 0 Å². The van der Waals surface area contributed by atoms with Gasteiger partial charge >= 0.3 is 0 Å². The number of pyridine rings is 1. The molecule has 0 aliphatic carbocycles. The average molecular weight is 309 g/mol. The molecule has 2 aromatic rings. The van der Waals surface area contributed by atoms with Crippen LogP contribution in [0.4, 0.5) is 10.1 Å². The summed E-state index contributed by atoms with van der Waals surface area (Å²) in [6.07, 6.45) is 5.51. The second kappa shape index (κ2) is 5.76. The SMILES string of the molecule is O=C(Nc1nc(Cl)c(N2CCCC2)s1)c1ccncc1. The second-order valence-electron chi connectivity index (χ2n) is 4.50. The van der Waals surface area contributed by atoms with Gasteiger partial charge < -0.3 is 4.90 Å². The second-order valence-corrected chi connectivity index (χ2v) is 5.83. The van der Waals surface area contributed by atoms with Crippen molar-refractivity contribution < 1.29 is 4.79 Å². The molecule has 1 N–H and O–H groups in total. The van der Waals surface area contributed by atoms with Crippen LogP contribution in [-0.2, 0) is 0 Å². The summed E-state index contributed by atoms with van der Waals surface area (Å²) in [6.45, 7) is 2.00. The summed E-state index contributed by atoms with van der Waals surface area (Å²) in [5, 5.41) is 4.70. The topological polar surface area (TPSA) is 58.1 Å². The molecular weight excluding hydrogens is 296 g/mol. The predicted octanol–water partition coefficient (Wildman–Crippen LogP) is 3.04. The van der Waals surface area contributed by atoms with E-state index in [1.54, 1.807) is 24.5 Å². The molecule has 7 heteroatoms. The quantitative estimate of drug-likeness (QED) is 0.947. The number of halogens is 1. The molecule has 1 aliphatic heterocycles. The molecule has 0 saturated carbocycles. The van der Waals surface area contributed by atoms with Crippen LogP contribution in [0.5, 0.6) is 0 Å². The van der Waals surface area contributed by atoms with Crippen molar-refractivity contribution in [2.75, 3.05) is 23.3 Å². The van der Waals surface area contributed by atoms with Crippen LogP contribution in [0.15, 0.2) is 24.5 Å². The lowest BCUT2D eigenvalue weighted by Gasteiger charge is -2.13. The van der Waals surface area contributed by atoms with Gasteiger partial charge in [0.2, 0.25) is 0 Å². The smallest absolute Gasteiger partial charge is 0.257 e. The van der Waals surface area contributed by atoms with Crippen LogP contribution >= 0.6 is 22.9 Å². The van der Waals surface area contributed by atoms with Gasteiger partial charge in [0.15, 0.2) is 10.3 Å². The first kappa shape index (κ1) is 13.3. The van der Waals surface area contributed by atoms with Gasteiger partial charge in [0, 0.05) is 31.0 Å². The lowest BCUT2D eigenvalue weighted by molar-refractivity contribution is 0.102. The van der Waals surface area contributed by atoms with Gasteiger partial charge in [0.05, 0.1) is 0 Å². The molecule has 0 radical (unpaired) electrons. The van der Waals surface area contributed by atoms with E-state index in [0.717, 1.165) is 18.1 Å². The number of nitrogens with zero attached hydrogens (tertiary/aromatic N) is 3. The molecule has 0 unspecified atom stereocenters. The Morgan fingerprint density at radius 1 is 1.30 bits per heavy atom. The van der Waals surface area contributed by atoms with Gasteiger partial charge in [-0.1, -0.05) is 22.9 Å². The molecule has 0 aromatic carbocycles. The van der Waals surface area contributed by atoms with Crippen LogP contribution in [0, 0.1) is 0 Å². The van der Waals surface area contributed by atoms with E-state index in [9.17, 15) is 4.79 Å². The molecule has 0 bridgehead atoms.